The largest absolute Gasteiger partial charge is 0.472 e. The summed E-state index contributed by atoms with van der Waals surface area (Å²) >= 11 is 0. The quantitative estimate of drug-likeness (QED) is 0.0169. The summed E-state index contributed by atoms with van der Waals surface area (Å²) in [5.74, 6) is -2.14. The van der Waals surface area contributed by atoms with Gasteiger partial charge in [0.2, 0.25) is 0 Å². The molecule has 0 aromatic rings. The average Bonchev–Trinajstić information content (AvgIpc) is 1.49. The molecule has 0 saturated carbocycles. The molecular formula is C78H148O17P2. The number of hydrogen-bond acceptors (Lipinski definition) is 15. The van der Waals surface area contributed by atoms with Gasteiger partial charge in [0.1, 0.15) is 19.3 Å². The van der Waals surface area contributed by atoms with Gasteiger partial charge >= 0.3 is 39.5 Å². The fraction of sp³-hybridized carbons (Fsp3) is 0.897. The van der Waals surface area contributed by atoms with Crippen molar-refractivity contribution in [1.82, 2.24) is 0 Å². The molecule has 0 aliphatic heterocycles. The van der Waals surface area contributed by atoms with Gasteiger partial charge in [-0.3, -0.25) is 37.3 Å². The second kappa shape index (κ2) is 71.9. The number of phosphoric acid groups is 2. The SMILES string of the molecule is CCCCCC/C=C\C=C/CCCCCCCC(=O)OC[C@H](COP(=O)(O)OC[C@@H](O)COP(=O)(O)OC[C@@H](COC(=O)CCCCCCCCCCCC)OC(=O)CCCCCCCCCCCCCCCCC)OC(=O)CCCCCCCCCCCCCCCCCCC. The molecule has 0 saturated heterocycles. The molecule has 97 heavy (non-hydrogen) atoms. The number of ether oxygens (including phenoxy) is 4. The number of phosphoric ester groups is 2. The molecule has 0 aromatic heterocycles. The van der Waals surface area contributed by atoms with Crippen LogP contribution < -0.4 is 0 Å². The highest BCUT2D eigenvalue weighted by Crippen LogP contribution is 2.45. The van der Waals surface area contributed by atoms with E-state index in [2.05, 4.69) is 52.0 Å². The smallest absolute Gasteiger partial charge is 0.462 e. The summed E-state index contributed by atoms with van der Waals surface area (Å²) in [5.41, 5.74) is 0. The minimum Gasteiger partial charge on any atom is -0.462 e. The standard InChI is InChI=1S/C78H148O17P2/c1-5-9-13-17-21-25-29-32-35-36-39-42-45-49-53-57-61-65-78(83)95-74(69-89-76(81)63-59-55-51-47-43-40-37-33-30-26-22-18-14-10-6-2)71-93-97(86,87)91-67-72(79)66-90-96(84,85)92-70-73(68-88-75(80)62-58-54-50-46-28-24-20-16-12-8-4)94-77(82)64-60-56-52-48-44-41-38-34-31-27-23-19-15-11-7-3/h26,30,33,37,72-74,79H,5-25,27-29,31-32,34-36,38-71H2,1-4H3,(H,84,85)(H,86,87)/b30-26-,37-33-/t72-,73+,74+/m0/s1. The second-order valence-corrected chi connectivity index (χ2v) is 30.3. The molecule has 17 nitrogen and oxygen atoms in total. The van der Waals surface area contributed by atoms with Gasteiger partial charge in [0.15, 0.2) is 12.2 Å². The molecule has 0 bridgehead atoms. The number of aliphatic hydroxyl groups excluding tert-OH is 1. The number of esters is 4. The Kier molecular flexibility index (Phi) is 70.1. The van der Waals surface area contributed by atoms with Crippen molar-refractivity contribution in [3.8, 4) is 0 Å². The molecule has 0 amide bonds. The minimum atomic E-state index is -4.96. The van der Waals surface area contributed by atoms with Crippen molar-refractivity contribution >= 4 is 39.5 Å². The number of hydrogen-bond donors (Lipinski definition) is 3. The van der Waals surface area contributed by atoms with Crippen LogP contribution in [0.2, 0.25) is 0 Å². The van der Waals surface area contributed by atoms with E-state index in [1.807, 2.05) is 0 Å². The zero-order valence-corrected chi connectivity index (χ0v) is 64.3. The van der Waals surface area contributed by atoms with Crippen LogP contribution in [0.15, 0.2) is 24.3 Å². The summed E-state index contributed by atoms with van der Waals surface area (Å²) in [4.78, 5) is 72.9. The predicted octanol–water partition coefficient (Wildman–Crippen LogP) is 23.0. The predicted molar refractivity (Wildman–Crippen MR) is 395 cm³/mol. The first kappa shape index (κ1) is 94.5. The molecule has 0 fully saturated rings. The molecule has 572 valence electrons. The van der Waals surface area contributed by atoms with E-state index >= 15 is 0 Å². The number of unbranched alkanes of at least 4 members (excludes halogenated alkanes) is 48. The van der Waals surface area contributed by atoms with Crippen LogP contribution in [0.25, 0.3) is 0 Å². The highest BCUT2D eigenvalue weighted by Gasteiger charge is 2.30. The van der Waals surface area contributed by atoms with Gasteiger partial charge < -0.3 is 33.8 Å². The van der Waals surface area contributed by atoms with Crippen LogP contribution in [0.3, 0.4) is 0 Å². The molecule has 0 spiro atoms. The number of carbonyl (C=O) groups is 4. The van der Waals surface area contributed by atoms with Crippen LogP contribution in [0.4, 0.5) is 0 Å². The third kappa shape index (κ3) is 71.7. The molecule has 0 aliphatic rings. The first-order valence-electron chi connectivity index (χ1n) is 40.1. The summed E-state index contributed by atoms with van der Waals surface area (Å²) in [6, 6.07) is 0. The third-order valence-electron chi connectivity index (χ3n) is 17.7. The van der Waals surface area contributed by atoms with Crippen LogP contribution in [0, 0.1) is 0 Å². The highest BCUT2D eigenvalue weighted by molar-refractivity contribution is 7.47. The Balaban J connectivity index is 5.27. The summed E-state index contributed by atoms with van der Waals surface area (Å²) in [5, 5.41) is 10.6. The van der Waals surface area contributed by atoms with Crippen molar-refractivity contribution in [2.45, 2.75) is 412 Å². The maximum atomic E-state index is 13.1. The molecule has 0 aromatic carbocycles. The van der Waals surface area contributed by atoms with Crippen LogP contribution >= 0.6 is 15.6 Å². The lowest BCUT2D eigenvalue weighted by atomic mass is 10.0. The molecule has 0 rings (SSSR count). The van der Waals surface area contributed by atoms with Crippen molar-refractivity contribution < 1.29 is 80.2 Å². The monoisotopic (exact) mass is 1420 g/mol. The number of carbonyl (C=O) groups excluding carboxylic acids is 4. The van der Waals surface area contributed by atoms with E-state index < -0.39 is 97.5 Å². The fourth-order valence-electron chi connectivity index (χ4n) is 11.6. The molecule has 19 heteroatoms. The second-order valence-electron chi connectivity index (χ2n) is 27.4. The van der Waals surface area contributed by atoms with E-state index in [1.165, 1.54) is 205 Å². The lowest BCUT2D eigenvalue weighted by Crippen LogP contribution is -2.30. The Morgan fingerprint density at radius 3 is 0.753 bits per heavy atom. The van der Waals surface area contributed by atoms with Gasteiger partial charge in [0, 0.05) is 25.7 Å². The van der Waals surface area contributed by atoms with Crippen molar-refractivity contribution in [2.24, 2.45) is 0 Å². The zero-order valence-electron chi connectivity index (χ0n) is 62.5. The van der Waals surface area contributed by atoms with Gasteiger partial charge in [-0.1, -0.05) is 341 Å². The first-order valence-corrected chi connectivity index (χ1v) is 43.1. The lowest BCUT2D eigenvalue weighted by Gasteiger charge is -2.21. The molecule has 5 atom stereocenters. The van der Waals surface area contributed by atoms with Gasteiger partial charge in [0.05, 0.1) is 26.4 Å². The molecular weight excluding hydrogens is 1270 g/mol. The Morgan fingerprint density at radius 2 is 0.495 bits per heavy atom. The maximum Gasteiger partial charge on any atom is 0.472 e. The number of allylic oxidation sites excluding steroid dienone is 4. The molecule has 0 heterocycles. The van der Waals surface area contributed by atoms with Gasteiger partial charge in [-0.15, -0.1) is 0 Å². The molecule has 0 aliphatic carbocycles. The van der Waals surface area contributed by atoms with Crippen molar-refractivity contribution in [1.29, 1.82) is 0 Å². The van der Waals surface area contributed by atoms with Crippen LogP contribution in [-0.2, 0) is 65.4 Å². The topological polar surface area (TPSA) is 237 Å². The number of rotatable bonds is 77. The summed E-state index contributed by atoms with van der Waals surface area (Å²) < 4.78 is 68.6. The summed E-state index contributed by atoms with van der Waals surface area (Å²) in [6.07, 6.45) is 65.9. The lowest BCUT2D eigenvalue weighted by molar-refractivity contribution is -0.161. The van der Waals surface area contributed by atoms with E-state index in [1.54, 1.807) is 0 Å². The van der Waals surface area contributed by atoms with E-state index in [0.717, 1.165) is 109 Å². The zero-order chi connectivity index (χ0) is 71.1. The molecule has 2 unspecified atom stereocenters. The Hall–Kier alpha value is -2.46. The van der Waals surface area contributed by atoms with E-state index in [-0.39, 0.29) is 25.7 Å². The van der Waals surface area contributed by atoms with Crippen molar-refractivity contribution in [3.63, 3.8) is 0 Å². The van der Waals surface area contributed by atoms with Gasteiger partial charge in [-0.25, -0.2) is 9.13 Å². The van der Waals surface area contributed by atoms with Crippen LogP contribution in [-0.4, -0.2) is 96.7 Å². The van der Waals surface area contributed by atoms with E-state index in [0.29, 0.717) is 25.7 Å². The fourth-order valence-corrected chi connectivity index (χ4v) is 13.1. The van der Waals surface area contributed by atoms with Gasteiger partial charge in [0.25, 0.3) is 0 Å². The summed E-state index contributed by atoms with van der Waals surface area (Å²) in [7, 11) is -9.92. The highest BCUT2D eigenvalue weighted by atomic mass is 31.2. The molecule has 0 radical (unpaired) electrons. The van der Waals surface area contributed by atoms with Gasteiger partial charge in [-0.05, 0) is 51.4 Å². The van der Waals surface area contributed by atoms with Gasteiger partial charge in [-0.2, -0.15) is 0 Å². The Bertz CT molecular complexity index is 1940. The molecule has 3 N–H and O–H groups in total. The maximum absolute atomic E-state index is 13.1. The van der Waals surface area contributed by atoms with E-state index in [4.69, 9.17) is 37.0 Å². The van der Waals surface area contributed by atoms with Crippen LogP contribution in [0.5, 0.6) is 0 Å². The average molecular weight is 1420 g/mol. The minimum absolute atomic E-state index is 0.102. The summed E-state index contributed by atoms with van der Waals surface area (Å²) in [6.45, 7) is 4.94. The van der Waals surface area contributed by atoms with E-state index in [9.17, 15) is 43.2 Å². The third-order valence-corrected chi connectivity index (χ3v) is 19.6. The number of aliphatic hydroxyl groups is 1. The van der Waals surface area contributed by atoms with Crippen LogP contribution in [0.1, 0.15) is 394 Å². The van der Waals surface area contributed by atoms with Crippen molar-refractivity contribution in [3.05, 3.63) is 24.3 Å². The van der Waals surface area contributed by atoms with Crippen molar-refractivity contribution in [2.75, 3.05) is 39.6 Å². The first-order chi connectivity index (χ1) is 47.2. The Labute approximate surface area is 592 Å². The Morgan fingerprint density at radius 1 is 0.289 bits per heavy atom. The normalized spacial score (nSPS) is 14.0.